The number of aromatic nitrogens is 2. The Morgan fingerprint density at radius 3 is 2.50 bits per heavy atom. The minimum atomic E-state index is -1.04. The van der Waals surface area contributed by atoms with E-state index in [4.69, 9.17) is 9.52 Å². The van der Waals surface area contributed by atoms with Crippen LogP contribution in [0.1, 0.15) is 47.8 Å². The normalized spacial score (nSPS) is 17.8. The number of anilines is 3. The molecule has 0 saturated heterocycles. The Morgan fingerprint density at radius 2 is 1.78 bits per heavy atom. The van der Waals surface area contributed by atoms with Gasteiger partial charge in [0.25, 0.3) is 0 Å². The second-order valence-corrected chi connectivity index (χ2v) is 7.72. The summed E-state index contributed by atoms with van der Waals surface area (Å²) in [6, 6.07) is 10.4. The Kier molecular flexibility index (Phi) is 6.11. The summed E-state index contributed by atoms with van der Waals surface area (Å²) in [5.41, 5.74) is 1.83. The molecule has 166 valence electrons. The average molecular weight is 442 g/mol. The third-order valence-electron chi connectivity index (χ3n) is 5.43. The third kappa shape index (κ3) is 5.08. The molecule has 2 atom stereocenters. The van der Waals surface area contributed by atoms with Crippen molar-refractivity contribution in [2.75, 3.05) is 10.6 Å². The fourth-order valence-electron chi connectivity index (χ4n) is 3.90. The smallest absolute Gasteiger partial charge is 0.320 e. The Bertz CT molecular complexity index is 1130. The van der Waals surface area contributed by atoms with Gasteiger partial charge in [0.1, 0.15) is 0 Å². The summed E-state index contributed by atoms with van der Waals surface area (Å²) in [7, 11) is 0. The molecule has 1 aromatic heterocycles. The molecule has 1 amide bonds. The molecule has 1 heterocycles. The van der Waals surface area contributed by atoms with Crippen molar-refractivity contribution in [3.63, 3.8) is 0 Å². The lowest BCUT2D eigenvalue weighted by Crippen LogP contribution is -2.12. The quantitative estimate of drug-likeness (QED) is 0.485. The number of carboxylic acid groups (broad SMARTS) is 1. The largest absolute Gasteiger partial charge is 0.481 e. The van der Waals surface area contributed by atoms with Gasteiger partial charge in [-0.05, 0) is 60.9 Å². The molecular formula is C22H20F2N4O4. The number of nitrogens with one attached hydrogen (secondary N) is 2. The van der Waals surface area contributed by atoms with E-state index >= 15 is 0 Å². The van der Waals surface area contributed by atoms with Gasteiger partial charge in [-0.25, -0.2) is 8.78 Å². The lowest BCUT2D eigenvalue weighted by atomic mass is 9.95. The number of rotatable bonds is 7. The summed E-state index contributed by atoms with van der Waals surface area (Å²) in [4.78, 5) is 23.3. The molecule has 0 spiro atoms. The van der Waals surface area contributed by atoms with Gasteiger partial charge in [0.15, 0.2) is 11.6 Å². The van der Waals surface area contributed by atoms with E-state index in [0.717, 1.165) is 37.0 Å². The van der Waals surface area contributed by atoms with Crippen LogP contribution < -0.4 is 10.6 Å². The first-order valence-electron chi connectivity index (χ1n) is 10.1. The van der Waals surface area contributed by atoms with Crippen LogP contribution in [0.25, 0.3) is 0 Å². The summed E-state index contributed by atoms with van der Waals surface area (Å²) in [6.07, 6.45) is 2.88. The topological polar surface area (TPSA) is 117 Å². The number of carboxylic acids is 1. The molecule has 8 nitrogen and oxygen atoms in total. The number of aliphatic carboxylic acids is 1. The molecule has 3 N–H and O–H groups in total. The summed E-state index contributed by atoms with van der Waals surface area (Å²) in [5, 5.41) is 21.5. The van der Waals surface area contributed by atoms with Crippen molar-refractivity contribution in [2.24, 2.45) is 5.92 Å². The van der Waals surface area contributed by atoms with Gasteiger partial charge in [0.05, 0.1) is 0 Å². The second kappa shape index (κ2) is 9.13. The number of hydrogen-bond acceptors (Lipinski definition) is 6. The highest BCUT2D eigenvalue weighted by atomic mass is 19.2. The van der Waals surface area contributed by atoms with E-state index in [9.17, 15) is 18.4 Å². The van der Waals surface area contributed by atoms with Crippen molar-refractivity contribution in [2.45, 2.75) is 31.6 Å². The van der Waals surface area contributed by atoms with Crippen molar-refractivity contribution in [1.29, 1.82) is 0 Å². The Balaban J connectivity index is 1.34. The summed E-state index contributed by atoms with van der Waals surface area (Å²) in [5.74, 6) is -3.20. The molecule has 0 bridgehead atoms. The lowest BCUT2D eigenvalue weighted by Gasteiger charge is -2.11. The van der Waals surface area contributed by atoms with Gasteiger partial charge in [-0.2, -0.15) is 0 Å². The van der Waals surface area contributed by atoms with E-state index in [2.05, 4.69) is 20.8 Å². The number of benzene rings is 2. The molecule has 1 unspecified atom stereocenters. The molecule has 1 aliphatic rings. The van der Waals surface area contributed by atoms with Crippen molar-refractivity contribution in [1.82, 2.24) is 10.2 Å². The number of halogens is 2. The maximum atomic E-state index is 13.3. The predicted molar refractivity (Wildman–Crippen MR) is 111 cm³/mol. The second-order valence-electron chi connectivity index (χ2n) is 7.72. The van der Waals surface area contributed by atoms with Gasteiger partial charge in [-0.1, -0.05) is 17.2 Å². The van der Waals surface area contributed by atoms with Gasteiger partial charge in [-0.3, -0.25) is 9.59 Å². The van der Waals surface area contributed by atoms with Crippen LogP contribution in [0, 0.1) is 17.6 Å². The molecule has 1 aliphatic carbocycles. The standard InChI is InChI=1S/C22H20F2N4O4/c23-17-8-7-16(11-18(17)24)26-22-28-27-21(32-22)20(31)25-15-5-3-13(4-6-15)14-2-1-12(9-14)10-19(29)30/h3-8,11-12,14H,1-2,9-10H2,(H,25,31)(H,26,28)(H,29,30)/t12?,14-/m1/s1. The molecule has 4 rings (SSSR count). The summed E-state index contributed by atoms with van der Waals surface area (Å²) in [6.45, 7) is 0. The van der Waals surface area contributed by atoms with Crippen LogP contribution in [0.15, 0.2) is 46.9 Å². The molecule has 1 fully saturated rings. The number of carbonyl (C=O) groups excluding carboxylic acids is 1. The number of nitrogens with zero attached hydrogens (tertiary/aromatic N) is 2. The zero-order chi connectivity index (χ0) is 22.7. The van der Waals surface area contributed by atoms with E-state index in [0.29, 0.717) is 11.6 Å². The zero-order valence-corrected chi connectivity index (χ0v) is 16.8. The minimum Gasteiger partial charge on any atom is -0.481 e. The number of hydrogen-bond donors (Lipinski definition) is 3. The molecule has 1 saturated carbocycles. The lowest BCUT2D eigenvalue weighted by molar-refractivity contribution is -0.138. The van der Waals surface area contributed by atoms with Crippen LogP contribution in [0.5, 0.6) is 0 Å². The summed E-state index contributed by atoms with van der Waals surface area (Å²) >= 11 is 0. The first-order valence-corrected chi connectivity index (χ1v) is 10.1. The first-order chi connectivity index (χ1) is 15.4. The van der Waals surface area contributed by atoms with Gasteiger partial charge in [-0.15, -0.1) is 5.10 Å². The maximum absolute atomic E-state index is 13.3. The maximum Gasteiger partial charge on any atom is 0.320 e. The van der Waals surface area contributed by atoms with Gasteiger partial charge >= 0.3 is 23.8 Å². The van der Waals surface area contributed by atoms with E-state index < -0.39 is 23.5 Å². The molecule has 0 aliphatic heterocycles. The fraction of sp³-hybridized carbons (Fsp3) is 0.273. The van der Waals surface area contributed by atoms with E-state index in [1.165, 1.54) is 6.07 Å². The van der Waals surface area contributed by atoms with Crippen LogP contribution >= 0.6 is 0 Å². The van der Waals surface area contributed by atoms with Crippen molar-refractivity contribution >= 4 is 29.3 Å². The zero-order valence-electron chi connectivity index (χ0n) is 16.8. The van der Waals surface area contributed by atoms with Crippen LogP contribution in [0.3, 0.4) is 0 Å². The Labute approximate surface area is 181 Å². The molecular weight excluding hydrogens is 422 g/mol. The first kappa shape index (κ1) is 21.4. The van der Waals surface area contributed by atoms with Gasteiger partial charge < -0.3 is 20.2 Å². The number of carbonyl (C=O) groups is 2. The molecule has 3 aromatic rings. The predicted octanol–water partition coefficient (Wildman–Crippen LogP) is 4.70. The van der Waals surface area contributed by atoms with Crippen LogP contribution in [0.4, 0.5) is 26.2 Å². The van der Waals surface area contributed by atoms with Crippen molar-refractivity contribution < 1.29 is 27.9 Å². The molecule has 32 heavy (non-hydrogen) atoms. The monoisotopic (exact) mass is 442 g/mol. The van der Waals surface area contributed by atoms with Crippen LogP contribution in [-0.4, -0.2) is 27.2 Å². The van der Waals surface area contributed by atoms with E-state index in [1.807, 2.05) is 12.1 Å². The van der Waals surface area contributed by atoms with E-state index in [-0.39, 0.29) is 29.9 Å². The average Bonchev–Trinajstić information content (AvgIpc) is 3.41. The van der Waals surface area contributed by atoms with Gasteiger partial charge in [0, 0.05) is 23.9 Å². The molecule has 0 radical (unpaired) electrons. The van der Waals surface area contributed by atoms with Gasteiger partial charge in [0.2, 0.25) is 0 Å². The Hall–Kier alpha value is -3.82. The van der Waals surface area contributed by atoms with Crippen molar-refractivity contribution in [3.05, 3.63) is 65.6 Å². The highest BCUT2D eigenvalue weighted by Gasteiger charge is 2.27. The Morgan fingerprint density at radius 1 is 1.03 bits per heavy atom. The number of amides is 1. The van der Waals surface area contributed by atoms with Crippen molar-refractivity contribution in [3.8, 4) is 0 Å². The highest BCUT2D eigenvalue weighted by molar-refractivity contribution is 6.00. The van der Waals surface area contributed by atoms with E-state index in [1.54, 1.807) is 12.1 Å². The fourth-order valence-corrected chi connectivity index (χ4v) is 3.90. The highest BCUT2D eigenvalue weighted by Crippen LogP contribution is 2.40. The van der Waals surface area contributed by atoms with Crippen LogP contribution in [-0.2, 0) is 4.79 Å². The minimum absolute atomic E-state index is 0.145. The van der Waals surface area contributed by atoms with Crippen LogP contribution in [0.2, 0.25) is 0 Å². The SMILES string of the molecule is O=C(O)CC1CC[C@@H](c2ccc(NC(=O)c3nnc(Nc4ccc(F)c(F)c4)o3)cc2)C1. The third-order valence-corrected chi connectivity index (χ3v) is 5.43. The summed E-state index contributed by atoms with van der Waals surface area (Å²) < 4.78 is 31.5. The molecule has 10 heteroatoms. The molecule has 2 aromatic carbocycles.